The van der Waals surface area contributed by atoms with Crippen LogP contribution in [0.5, 0.6) is 0 Å². The minimum absolute atomic E-state index is 0. The molecule has 3 rings (SSSR count). The molecule has 2 aliphatic rings. The molecule has 1 N–H and O–H groups in total. The van der Waals surface area contributed by atoms with Gasteiger partial charge in [-0.3, -0.25) is 4.68 Å². The Morgan fingerprint density at radius 1 is 1.32 bits per heavy atom. The van der Waals surface area contributed by atoms with Crippen LogP contribution in [0.3, 0.4) is 0 Å². The lowest BCUT2D eigenvalue weighted by molar-refractivity contribution is 0.121. The lowest BCUT2D eigenvalue weighted by Gasteiger charge is -2.22. The second-order valence-corrected chi connectivity index (χ2v) is 7.52. The Hall–Kier alpha value is -0.770. The quantitative estimate of drug-likeness (QED) is 0.876. The first-order chi connectivity index (χ1) is 9.95. The van der Waals surface area contributed by atoms with Crippen LogP contribution < -0.4 is 5.32 Å². The second kappa shape index (κ2) is 6.77. The van der Waals surface area contributed by atoms with Gasteiger partial charge in [-0.1, -0.05) is 0 Å². The summed E-state index contributed by atoms with van der Waals surface area (Å²) in [4.78, 5) is -0.0130. The molecule has 0 saturated carbocycles. The predicted molar refractivity (Wildman–Crippen MR) is 78.8 cm³/mol. The summed E-state index contributed by atoms with van der Waals surface area (Å²) < 4.78 is 52.2. The van der Waals surface area contributed by atoms with Gasteiger partial charge in [0.25, 0.3) is 6.43 Å². The van der Waals surface area contributed by atoms with Crippen molar-refractivity contribution in [1.82, 2.24) is 19.4 Å². The molecule has 3 heterocycles. The van der Waals surface area contributed by atoms with E-state index in [-0.39, 0.29) is 23.3 Å². The number of alkyl halides is 2. The van der Waals surface area contributed by atoms with Crippen molar-refractivity contribution < 1.29 is 17.2 Å². The zero-order valence-electron chi connectivity index (χ0n) is 11.9. The fraction of sp³-hybridized carbons (Fsp3) is 0.750. The third-order valence-electron chi connectivity index (χ3n) is 4.06. The maximum atomic E-state index is 12.6. The van der Waals surface area contributed by atoms with E-state index in [1.165, 1.54) is 10.5 Å². The molecule has 10 heteroatoms. The lowest BCUT2D eigenvalue weighted by atomic mass is 10.1. The molecular formula is C12H19ClF2N4O2S. The highest BCUT2D eigenvalue weighted by atomic mass is 35.5. The van der Waals surface area contributed by atoms with Crippen molar-refractivity contribution in [3.8, 4) is 0 Å². The fourth-order valence-corrected chi connectivity index (χ4v) is 4.45. The first-order valence-corrected chi connectivity index (χ1v) is 8.46. The molecule has 6 nitrogen and oxygen atoms in total. The van der Waals surface area contributed by atoms with E-state index >= 15 is 0 Å². The number of sulfonamides is 1. The van der Waals surface area contributed by atoms with Crippen molar-refractivity contribution in [3.05, 3.63) is 12.4 Å². The Labute approximate surface area is 134 Å². The van der Waals surface area contributed by atoms with Crippen LogP contribution in [0.2, 0.25) is 0 Å². The zero-order valence-corrected chi connectivity index (χ0v) is 13.5. The van der Waals surface area contributed by atoms with Crippen molar-refractivity contribution >= 4 is 22.4 Å². The summed E-state index contributed by atoms with van der Waals surface area (Å²) in [6.45, 7) is 0.289. The first-order valence-electron chi connectivity index (χ1n) is 7.02. The number of hydrogen-bond donors (Lipinski definition) is 1. The maximum absolute atomic E-state index is 12.6. The van der Waals surface area contributed by atoms with Crippen LogP contribution in [0.25, 0.3) is 0 Å². The smallest absolute Gasteiger partial charge is 0.257 e. The standard InChI is InChI=1S/C12H18F2N4O2S.ClH/c13-12(14)8-17-7-11(5-15-17)21(19,20)18-4-3-9-1-2-10(6-18)16-9;/h5,7,9-10,12,16H,1-4,6,8H2;1H. The number of nitrogens with one attached hydrogen (secondary N) is 1. The van der Waals surface area contributed by atoms with E-state index in [2.05, 4.69) is 10.4 Å². The van der Waals surface area contributed by atoms with Gasteiger partial charge in [0.05, 0.1) is 6.20 Å². The number of nitrogens with zero attached hydrogens (tertiary/aromatic N) is 3. The highest BCUT2D eigenvalue weighted by molar-refractivity contribution is 7.89. The molecule has 2 unspecified atom stereocenters. The van der Waals surface area contributed by atoms with Crippen LogP contribution in [0, 0.1) is 0 Å². The van der Waals surface area contributed by atoms with Crippen LogP contribution in [0.1, 0.15) is 19.3 Å². The van der Waals surface area contributed by atoms with Crippen LogP contribution >= 0.6 is 12.4 Å². The molecule has 1 aromatic rings. The third kappa shape index (κ3) is 3.58. The van der Waals surface area contributed by atoms with Crippen molar-refractivity contribution in [2.24, 2.45) is 0 Å². The van der Waals surface area contributed by atoms with Crippen LogP contribution in [-0.4, -0.2) is 54.1 Å². The average molecular weight is 357 g/mol. The van der Waals surface area contributed by atoms with Gasteiger partial charge < -0.3 is 5.32 Å². The van der Waals surface area contributed by atoms with Crippen LogP contribution in [-0.2, 0) is 16.6 Å². The summed E-state index contributed by atoms with van der Waals surface area (Å²) in [6, 6.07) is 0.570. The van der Waals surface area contributed by atoms with E-state index < -0.39 is 23.0 Å². The van der Waals surface area contributed by atoms with Gasteiger partial charge in [-0.25, -0.2) is 17.2 Å². The largest absolute Gasteiger partial charge is 0.310 e. The van der Waals surface area contributed by atoms with Crippen molar-refractivity contribution in [2.75, 3.05) is 13.1 Å². The third-order valence-corrected chi connectivity index (χ3v) is 5.88. The summed E-state index contributed by atoms with van der Waals surface area (Å²) in [5.74, 6) is 0. The van der Waals surface area contributed by atoms with Gasteiger partial charge in [-0.05, 0) is 19.3 Å². The summed E-state index contributed by atoms with van der Waals surface area (Å²) >= 11 is 0. The predicted octanol–water partition coefficient (Wildman–Crippen LogP) is 1.08. The average Bonchev–Trinajstić information content (AvgIpc) is 2.95. The summed E-state index contributed by atoms with van der Waals surface area (Å²) in [5, 5.41) is 7.12. The summed E-state index contributed by atoms with van der Waals surface area (Å²) in [7, 11) is -3.66. The van der Waals surface area contributed by atoms with E-state index in [1.54, 1.807) is 0 Å². The van der Waals surface area contributed by atoms with Gasteiger partial charge >= 0.3 is 0 Å². The number of fused-ring (bicyclic) bond motifs is 2. The van der Waals surface area contributed by atoms with E-state index in [9.17, 15) is 17.2 Å². The summed E-state index contributed by atoms with van der Waals surface area (Å²) in [6.07, 6.45) is 2.61. The van der Waals surface area contributed by atoms with Crippen LogP contribution in [0.15, 0.2) is 17.3 Å². The Balaban J connectivity index is 0.00000176. The Morgan fingerprint density at radius 3 is 2.77 bits per heavy atom. The monoisotopic (exact) mass is 356 g/mol. The van der Waals surface area contributed by atoms with Gasteiger partial charge in [-0.2, -0.15) is 9.40 Å². The SMILES string of the molecule is Cl.O=S(=O)(c1cnn(CC(F)F)c1)N1CCC2CCC(C1)N2. The minimum atomic E-state index is -3.66. The molecule has 126 valence electrons. The molecule has 0 radical (unpaired) electrons. The topological polar surface area (TPSA) is 67.2 Å². The lowest BCUT2D eigenvalue weighted by Crippen LogP contribution is -2.38. The van der Waals surface area contributed by atoms with Gasteiger partial charge in [0.2, 0.25) is 10.0 Å². The van der Waals surface area contributed by atoms with Gasteiger partial charge in [0, 0.05) is 31.4 Å². The minimum Gasteiger partial charge on any atom is -0.310 e. The first kappa shape index (κ1) is 17.6. The highest BCUT2D eigenvalue weighted by Crippen LogP contribution is 2.24. The molecule has 2 fully saturated rings. The van der Waals surface area contributed by atoms with Crippen LogP contribution in [0.4, 0.5) is 8.78 Å². The fourth-order valence-electron chi connectivity index (χ4n) is 3.00. The van der Waals surface area contributed by atoms with E-state index in [4.69, 9.17) is 0 Å². The second-order valence-electron chi connectivity index (χ2n) is 5.58. The molecule has 22 heavy (non-hydrogen) atoms. The van der Waals surface area contributed by atoms with E-state index in [0.717, 1.165) is 30.1 Å². The molecule has 0 aliphatic carbocycles. The number of hydrogen-bond acceptors (Lipinski definition) is 4. The van der Waals surface area contributed by atoms with Gasteiger partial charge in [0.15, 0.2) is 0 Å². The Morgan fingerprint density at radius 2 is 2.05 bits per heavy atom. The molecule has 0 amide bonds. The molecule has 1 aromatic heterocycles. The molecule has 2 saturated heterocycles. The highest BCUT2D eigenvalue weighted by Gasteiger charge is 2.35. The number of rotatable bonds is 4. The Bertz CT molecular complexity index is 610. The van der Waals surface area contributed by atoms with Crippen molar-refractivity contribution in [3.63, 3.8) is 0 Å². The molecule has 2 atom stereocenters. The summed E-state index contributed by atoms with van der Waals surface area (Å²) in [5.41, 5.74) is 0. The van der Waals surface area contributed by atoms with E-state index in [0.29, 0.717) is 19.1 Å². The van der Waals surface area contributed by atoms with Gasteiger partial charge in [0.1, 0.15) is 11.4 Å². The van der Waals surface area contributed by atoms with Crippen molar-refractivity contribution in [2.45, 2.75) is 49.2 Å². The zero-order chi connectivity index (χ0) is 15.0. The van der Waals surface area contributed by atoms with Gasteiger partial charge in [-0.15, -0.1) is 12.4 Å². The molecule has 2 aliphatic heterocycles. The number of halogens is 3. The Kier molecular flexibility index (Phi) is 5.41. The van der Waals surface area contributed by atoms with E-state index in [1.807, 2.05) is 0 Å². The molecule has 2 bridgehead atoms. The molecular weight excluding hydrogens is 338 g/mol. The maximum Gasteiger partial charge on any atom is 0.257 e. The number of aromatic nitrogens is 2. The molecule has 0 aromatic carbocycles. The normalized spacial score (nSPS) is 26.0. The van der Waals surface area contributed by atoms with Crippen molar-refractivity contribution in [1.29, 1.82) is 0 Å². The molecule has 0 spiro atoms.